The number of hydrogen-bond donors (Lipinski definition) is 1. The van der Waals surface area contributed by atoms with Gasteiger partial charge in [0.2, 0.25) is 0 Å². The van der Waals surface area contributed by atoms with Crippen molar-refractivity contribution in [2.45, 2.75) is 25.8 Å². The molecule has 0 heterocycles. The average molecular weight is 225 g/mol. The molecule has 1 aromatic carbocycles. The molecule has 2 atom stereocenters. The van der Waals surface area contributed by atoms with E-state index < -0.39 is 0 Å². The Morgan fingerprint density at radius 3 is 2.75 bits per heavy atom. The number of ether oxygens (including phenoxy) is 1. The third kappa shape index (κ3) is 3.91. The molecule has 0 saturated carbocycles. The van der Waals surface area contributed by atoms with Crippen molar-refractivity contribution >= 4 is 0 Å². The molecule has 1 aromatic rings. The Bertz CT molecular complexity index is 317. The fourth-order valence-corrected chi connectivity index (χ4v) is 1.64. The number of rotatable bonds is 6. The lowest BCUT2D eigenvalue weighted by atomic mass is 9.94. The Morgan fingerprint density at radius 1 is 1.38 bits per heavy atom. The molecule has 3 heteroatoms. The van der Waals surface area contributed by atoms with Gasteiger partial charge in [0.25, 0.3) is 0 Å². The van der Waals surface area contributed by atoms with E-state index in [-0.39, 0.29) is 11.7 Å². The molecule has 0 amide bonds. The van der Waals surface area contributed by atoms with Crippen molar-refractivity contribution in [1.29, 1.82) is 0 Å². The molecule has 1 rings (SSSR count). The molecule has 0 aliphatic carbocycles. The van der Waals surface area contributed by atoms with Gasteiger partial charge in [0.1, 0.15) is 5.82 Å². The van der Waals surface area contributed by atoms with Gasteiger partial charge in [-0.2, -0.15) is 0 Å². The minimum absolute atomic E-state index is 0.173. The first-order chi connectivity index (χ1) is 7.65. The van der Waals surface area contributed by atoms with E-state index in [0.717, 1.165) is 12.1 Å². The second-order valence-electron chi connectivity index (χ2n) is 4.08. The van der Waals surface area contributed by atoms with E-state index in [1.165, 1.54) is 6.07 Å². The van der Waals surface area contributed by atoms with Crippen LogP contribution in [0.4, 0.5) is 4.39 Å². The molecule has 0 saturated heterocycles. The maximum absolute atomic E-state index is 13.1. The number of halogens is 1. The summed E-state index contributed by atoms with van der Waals surface area (Å²) in [4.78, 5) is 0. The molecule has 1 N–H and O–H groups in total. The lowest BCUT2D eigenvalue weighted by Gasteiger charge is -2.21. The van der Waals surface area contributed by atoms with Crippen LogP contribution < -0.4 is 5.32 Å². The molecule has 2 nitrogen and oxygen atoms in total. The Labute approximate surface area is 96.8 Å². The summed E-state index contributed by atoms with van der Waals surface area (Å²) >= 11 is 0. The zero-order chi connectivity index (χ0) is 12.0. The van der Waals surface area contributed by atoms with Crippen LogP contribution in [0.15, 0.2) is 24.3 Å². The van der Waals surface area contributed by atoms with E-state index in [1.807, 2.05) is 6.07 Å². The van der Waals surface area contributed by atoms with Gasteiger partial charge in [0.15, 0.2) is 0 Å². The summed E-state index contributed by atoms with van der Waals surface area (Å²) in [6.07, 6.45) is 0. The van der Waals surface area contributed by atoms with Gasteiger partial charge in [-0.1, -0.05) is 19.1 Å². The topological polar surface area (TPSA) is 21.3 Å². The van der Waals surface area contributed by atoms with Crippen molar-refractivity contribution < 1.29 is 9.13 Å². The lowest BCUT2D eigenvalue weighted by Crippen LogP contribution is -2.33. The van der Waals surface area contributed by atoms with Crippen molar-refractivity contribution in [2.24, 2.45) is 0 Å². The maximum Gasteiger partial charge on any atom is 0.123 e. The summed E-state index contributed by atoms with van der Waals surface area (Å²) in [5.74, 6) is 0.112. The van der Waals surface area contributed by atoms with Gasteiger partial charge in [-0.15, -0.1) is 0 Å². The van der Waals surface area contributed by atoms with Crippen LogP contribution in [0.5, 0.6) is 0 Å². The van der Waals surface area contributed by atoms with Gasteiger partial charge in [-0.3, -0.25) is 0 Å². The normalized spacial score (nSPS) is 14.8. The Morgan fingerprint density at radius 2 is 2.12 bits per heavy atom. The van der Waals surface area contributed by atoms with Crippen molar-refractivity contribution in [1.82, 2.24) is 5.32 Å². The first-order valence-corrected chi connectivity index (χ1v) is 5.63. The van der Waals surface area contributed by atoms with Crippen molar-refractivity contribution in [3.63, 3.8) is 0 Å². The number of methoxy groups -OCH3 is 1. The van der Waals surface area contributed by atoms with Gasteiger partial charge in [-0.25, -0.2) is 4.39 Å². The fraction of sp³-hybridized carbons (Fsp3) is 0.538. The van der Waals surface area contributed by atoms with Crippen LogP contribution in [-0.2, 0) is 4.74 Å². The third-order valence-corrected chi connectivity index (χ3v) is 2.90. The van der Waals surface area contributed by atoms with Crippen molar-refractivity contribution in [3.05, 3.63) is 35.6 Å². The average Bonchev–Trinajstić information content (AvgIpc) is 2.28. The van der Waals surface area contributed by atoms with Crippen LogP contribution in [0.3, 0.4) is 0 Å². The molecule has 0 bridgehead atoms. The number of hydrogen-bond acceptors (Lipinski definition) is 2. The number of nitrogens with one attached hydrogen (secondary N) is 1. The minimum atomic E-state index is -0.173. The smallest absolute Gasteiger partial charge is 0.123 e. The van der Waals surface area contributed by atoms with Gasteiger partial charge in [-0.05, 0) is 30.5 Å². The third-order valence-electron chi connectivity index (χ3n) is 2.90. The van der Waals surface area contributed by atoms with Gasteiger partial charge >= 0.3 is 0 Å². The molecule has 0 aliphatic heterocycles. The summed E-state index contributed by atoms with van der Waals surface area (Å²) in [6.45, 7) is 5.71. The first-order valence-electron chi connectivity index (χ1n) is 5.63. The van der Waals surface area contributed by atoms with E-state index in [2.05, 4.69) is 19.2 Å². The summed E-state index contributed by atoms with van der Waals surface area (Å²) in [5, 5.41) is 3.35. The maximum atomic E-state index is 13.1. The summed E-state index contributed by atoms with van der Waals surface area (Å²) in [7, 11) is 1.68. The van der Waals surface area contributed by atoms with E-state index in [9.17, 15) is 4.39 Å². The second kappa shape index (κ2) is 6.61. The monoisotopic (exact) mass is 225 g/mol. The molecule has 0 aromatic heterocycles. The molecule has 0 fully saturated rings. The summed E-state index contributed by atoms with van der Waals surface area (Å²) in [5.41, 5.74) is 1.03. The van der Waals surface area contributed by atoms with E-state index >= 15 is 0 Å². The highest BCUT2D eigenvalue weighted by Crippen LogP contribution is 2.19. The Hall–Kier alpha value is -0.930. The van der Waals surface area contributed by atoms with Gasteiger partial charge in [0, 0.05) is 19.7 Å². The summed E-state index contributed by atoms with van der Waals surface area (Å²) in [6, 6.07) is 7.08. The van der Waals surface area contributed by atoms with Crippen LogP contribution in [0.2, 0.25) is 0 Å². The van der Waals surface area contributed by atoms with E-state index in [1.54, 1.807) is 19.2 Å². The standard InChI is InChI=1S/C13H20FNO/c1-10(11(2)15-7-8-16-3)12-5-4-6-13(14)9-12/h4-6,9-11,15H,7-8H2,1-3H3. The van der Waals surface area contributed by atoms with Crippen LogP contribution in [-0.4, -0.2) is 26.3 Å². The Balaban J connectivity index is 2.52. The van der Waals surface area contributed by atoms with Crippen LogP contribution in [0.25, 0.3) is 0 Å². The number of benzene rings is 1. The van der Waals surface area contributed by atoms with E-state index in [4.69, 9.17) is 4.74 Å². The molecule has 0 spiro atoms. The molecular weight excluding hydrogens is 205 g/mol. The van der Waals surface area contributed by atoms with Gasteiger partial charge < -0.3 is 10.1 Å². The van der Waals surface area contributed by atoms with Gasteiger partial charge in [0.05, 0.1) is 6.61 Å². The van der Waals surface area contributed by atoms with Crippen LogP contribution in [0.1, 0.15) is 25.3 Å². The fourth-order valence-electron chi connectivity index (χ4n) is 1.64. The molecule has 0 radical (unpaired) electrons. The molecule has 90 valence electrons. The molecule has 2 unspecified atom stereocenters. The summed E-state index contributed by atoms with van der Waals surface area (Å²) < 4.78 is 18.0. The zero-order valence-electron chi connectivity index (χ0n) is 10.2. The second-order valence-corrected chi connectivity index (χ2v) is 4.08. The minimum Gasteiger partial charge on any atom is -0.383 e. The molecule has 16 heavy (non-hydrogen) atoms. The van der Waals surface area contributed by atoms with Crippen LogP contribution in [0, 0.1) is 5.82 Å². The van der Waals surface area contributed by atoms with Crippen molar-refractivity contribution in [2.75, 3.05) is 20.3 Å². The SMILES string of the molecule is COCCNC(C)C(C)c1cccc(F)c1. The van der Waals surface area contributed by atoms with Crippen molar-refractivity contribution in [3.8, 4) is 0 Å². The first kappa shape index (κ1) is 13.1. The molecular formula is C13H20FNO. The largest absolute Gasteiger partial charge is 0.383 e. The predicted octanol–water partition coefficient (Wildman–Crippen LogP) is 2.55. The zero-order valence-corrected chi connectivity index (χ0v) is 10.2. The Kier molecular flexibility index (Phi) is 5.43. The highest BCUT2D eigenvalue weighted by Gasteiger charge is 2.13. The quantitative estimate of drug-likeness (QED) is 0.751. The highest BCUT2D eigenvalue weighted by molar-refractivity contribution is 5.21. The highest BCUT2D eigenvalue weighted by atomic mass is 19.1. The van der Waals surface area contributed by atoms with E-state index in [0.29, 0.717) is 12.6 Å². The molecule has 0 aliphatic rings. The predicted molar refractivity (Wildman–Crippen MR) is 64.2 cm³/mol. The lowest BCUT2D eigenvalue weighted by molar-refractivity contribution is 0.195. The van der Waals surface area contributed by atoms with Crippen LogP contribution >= 0.6 is 0 Å².